The molecule has 1 aromatic rings. The summed E-state index contributed by atoms with van der Waals surface area (Å²) in [5.41, 5.74) is 1.08. The summed E-state index contributed by atoms with van der Waals surface area (Å²) < 4.78 is 15.1. The second-order valence-electron chi connectivity index (χ2n) is 4.33. The summed E-state index contributed by atoms with van der Waals surface area (Å²) >= 11 is 0. The Balaban J connectivity index is 2.21. The number of para-hydroxylation sites is 1. The molecule has 0 radical (unpaired) electrons. The minimum Gasteiger partial charge on any atom is -0.489 e. The molecule has 1 unspecified atom stereocenters. The van der Waals surface area contributed by atoms with Crippen molar-refractivity contribution in [2.75, 3.05) is 14.2 Å². The van der Waals surface area contributed by atoms with Crippen molar-refractivity contribution >= 4 is 11.9 Å². The van der Waals surface area contributed by atoms with Crippen LogP contribution in [0.1, 0.15) is 12.0 Å². The second-order valence-corrected chi connectivity index (χ2v) is 4.33. The molecule has 0 saturated carbocycles. The van der Waals surface area contributed by atoms with Crippen molar-refractivity contribution in [2.24, 2.45) is 5.92 Å². The highest BCUT2D eigenvalue weighted by molar-refractivity contribution is 5.95. The van der Waals surface area contributed by atoms with Crippen LogP contribution >= 0.6 is 0 Å². The molecule has 1 atom stereocenters. The average molecular weight is 264 g/mol. The zero-order valence-corrected chi connectivity index (χ0v) is 10.9. The number of methoxy groups -OCH3 is 2. The Morgan fingerprint density at radius 1 is 1.21 bits per heavy atom. The first-order valence-electron chi connectivity index (χ1n) is 6.07. The molecule has 19 heavy (non-hydrogen) atoms. The van der Waals surface area contributed by atoms with Crippen molar-refractivity contribution < 1.29 is 23.8 Å². The van der Waals surface area contributed by atoms with Crippen LogP contribution in [0.4, 0.5) is 0 Å². The molecule has 0 spiro atoms. The summed E-state index contributed by atoms with van der Waals surface area (Å²) in [6.07, 6.45) is 0.784. The fraction of sp³-hybridized carbons (Fsp3) is 0.429. The van der Waals surface area contributed by atoms with Crippen LogP contribution in [0.15, 0.2) is 24.3 Å². The van der Waals surface area contributed by atoms with E-state index < -0.39 is 24.0 Å². The van der Waals surface area contributed by atoms with Crippen molar-refractivity contribution in [1.29, 1.82) is 0 Å². The highest BCUT2D eigenvalue weighted by atomic mass is 16.6. The van der Waals surface area contributed by atoms with E-state index >= 15 is 0 Å². The topological polar surface area (TPSA) is 61.8 Å². The van der Waals surface area contributed by atoms with Crippen LogP contribution in [-0.2, 0) is 25.5 Å². The smallest absolute Gasteiger partial charge is 0.323 e. The highest BCUT2D eigenvalue weighted by Gasteiger charge is 2.40. The van der Waals surface area contributed by atoms with E-state index in [-0.39, 0.29) is 0 Å². The molecule has 5 heteroatoms. The molecular weight excluding hydrogens is 248 g/mol. The molecule has 0 fully saturated rings. The standard InChI is InChI=1S/C14H16O5/c1-17-13(15)12(14(16)18-2)11-8-7-9-5-3-4-6-10(9)19-11/h3-6,11-12H,7-8H2,1-2H3. The predicted molar refractivity (Wildman–Crippen MR) is 66.7 cm³/mol. The van der Waals surface area contributed by atoms with E-state index in [1.165, 1.54) is 14.2 Å². The Morgan fingerprint density at radius 2 is 1.84 bits per heavy atom. The number of esters is 2. The van der Waals surface area contributed by atoms with Gasteiger partial charge in [-0.25, -0.2) is 0 Å². The van der Waals surface area contributed by atoms with Crippen molar-refractivity contribution in [3.63, 3.8) is 0 Å². The molecule has 1 aromatic carbocycles. The second kappa shape index (κ2) is 5.73. The number of ether oxygens (including phenoxy) is 3. The van der Waals surface area contributed by atoms with Gasteiger partial charge in [-0.1, -0.05) is 18.2 Å². The van der Waals surface area contributed by atoms with E-state index in [9.17, 15) is 9.59 Å². The first-order chi connectivity index (χ1) is 9.17. The third-order valence-corrected chi connectivity index (χ3v) is 3.23. The van der Waals surface area contributed by atoms with Gasteiger partial charge in [-0.3, -0.25) is 9.59 Å². The molecule has 0 N–H and O–H groups in total. The molecule has 1 heterocycles. The number of hydrogen-bond donors (Lipinski definition) is 0. The van der Waals surface area contributed by atoms with Gasteiger partial charge in [0.2, 0.25) is 0 Å². The molecule has 0 aromatic heterocycles. The number of rotatable bonds is 3. The molecule has 0 amide bonds. The Hall–Kier alpha value is -2.04. The third-order valence-electron chi connectivity index (χ3n) is 3.23. The Labute approximate surface area is 111 Å². The van der Waals surface area contributed by atoms with Gasteiger partial charge in [0.25, 0.3) is 0 Å². The molecule has 0 saturated heterocycles. The van der Waals surface area contributed by atoms with Crippen molar-refractivity contribution in [3.8, 4) is 5.75 Å². The van der Waals surface area contributed by atoms with Gasteiger partial charge in [0.05, 0.1) is 14.2 Å². The molecule has 102 valence electrons. The first-order valence-corrected chi connectivity index (χ1v) is 6.07. The number of benzene rings is 1. The Morgan fingerprint density at radius 3 is 2.47 bits per heavy atom. The summed E-state index contributed by atoms with van der Waals surface area (Å²) in [5, 5.41) is 0. The lowest BCUT2D eigenvalue weighted by Gasteiger charge is -2.29. The van der Waals surface area contributed by atoms with E-state index in [2.05, 4.69) is 9.47 Å². The van der Waals surface area contributed by atoms with E-state index in [0.717, 1.165) is 12.0 Å². The van der Waals surface area contributed by atoms with E-state index in [4.69, 9.17) is 4.74 Å². The first kappa shape index (κ1) is 13.4. The minimum atomic E-state index is -1.04. The molecule has 1 aliphatic heterocycles. The van der Waals surface area contributed by atoms with Gasteiger partial charge < -0.3 is 14.2 Å². The van der Waals surface area contributed by atoms with Crippen LogP contribution in [0.2, 0.25) is 0 Å². The Kier molecular flexibility index (Phi) is 4.04. The fourth-order valence-electron chi connectivity index (χ4n) is 2.23. The molecule has 0 bridgehead atoms. The normalized spacial score (nSPS) is 17.3. The number of carbonyl (C=O) groups is 2. The van der Waals surface area contributed by atoms with Crippen LogP contribution in [0.5, 0.6) is 5.75 Å². The van der Waals surface area contributed by atoms with Gasteiger partial charge in [0.1, 0.15) is 11.9 Å². The van der Waals surface area contributed by atoms with E-state index in [1.54, 1.807) is 0 Å². The van der Waals surface area contributed by atoms with Crippen LogP contribution in [0, 0.1) is 5.92 Å². The maximum Gasteiger partial charge on any atom is 0.323 e. The molecule has 2 rings (SSSR count). The van der Waals surface area contributed by atoms with Gasteiger partial charge in [0, 0.05) is 0 Å². The molecule has 5 nitrogen and oxygen atoms in total. The van der Waals surface area contributed by atoms with Crippen LogP contribution in [-0.4, -0.2) is 32.3 Å². The van der Waals surface area contributed by atoms with E-state index in [1.807, 2.05) is 24.3 Å². The van der Waals surface area contributed by atoms with Gasteiger partial charge >= 0.3 is 11.9 Å². The summed E-state index contributed by atoms with van der Waals surface area (Å²) in [4.78, 5) is 23.4. The number of hydrogen-bond acceptors (Lipinski definition) is 5. The average Bonchev–Trinajstić information content (AvgIpc) is 2.46. The molecule has 1 aliphatic rings. The summed E-state index contributed by atoms with van der Waals surface area (Å²) in [6, 6.07) is 7.58. The number of aryl methyl sites for hydroxylation is 1. The molecular formula is C14H16O5. The number of carbonyl (C=O) groups excluding carboxylic acids is 2. The fourth-order valence-corrected chi connectivity index (χ4v) is 2.23. The van der Waals surface area contributed by atoms with Crippen molar-refractivity contribution in [3.05, 3.63) is 29.8 Å². The van der Waals surface area contributed by atoms with Gasteiger partial charge in [-0.2, -0.15) is 0 Å². The van der Waals surface area contributed by atoms with Gasteiger partial charge in [-0.15, -0.1) is 0 Å². The quantitative estimate of drug-likeness (QED) is 0.609. The lowest BCUT2D eigenvalue weighted by molar-refractivity contribution is -0.163. The number of fused-ring (bicyclic) bond motifs is 1. The summed E-state index contributed by atoms with van der Waals surface area (Å²) in [6.45, 7) is 0. The Bertz CT molecular complexity index is 466. The largest absolute Gasteiger partial charge is 0.489 e. The van der Waals surface area contributed by atoms with Crippen LogP contribution in [0.25, 0.3) is 0 Å². The zero-order chi connectivity index (χ0) is 13.8. The lowest BCUT2D eigenvalue weighted by atomic mass is 9.93. The van der Waals surface area contributed by atoms with Gasteiger partial charge in [-0.05, 0) is 24.5 Å². The third kappa shape index (κ3) is 2.70. The highest BCUT2D eigenvalue weighted by Crippen LogP contribution is 2.30. The van der Waals surface area contributed by atoms with E-state index in [0.29, 0.717) is 12.2 Å². The summed E-state index contributed by atoms with van der Waals surface area (Å²) in [7, 11) is 2.49. The molecule has 0 aliphatic carbocycles. The zero-order valence-electron chi connectivity index (χ0n) is 10.9. The van der Waals surface area contributed by atoms with Crippen LogP contribution in [0.3, 0.4) is 0 Å². The SMILES string of the molecule is COC(=O)C(C(=O)OC)C1CCc2ccccc2O1. The monoisotopic (exact) mass is 264 g/mol. The minimum absolute atomic E-state index is 0.546. The maximum absolute atomic E-state index is 11.7. The predicted octanol–water partition coefficient (Wildman–Crippen LogP) is 1.34. The van der Waals surface area contributed by atoms with Crippen LogP contribution < -0.4 is 4.74 Å². The summed E-state index contributed by atoms with van der Waals surface area (Å²) in [5.74, 6) is -1.59. The van der Waals surface area contributed by atoms with Crippen molar-refractivity contribution in [2.45, 2.75) is 18.9 Å². The van der Waals surface area contributed by atoms with Gasteiger partial charge in [0.15, 0.2) is 5.92 Å². The lowest BCUT2D eigenvalue weighted by Crippen LogP contribution is -2.42. The van der Waals surface area contributed by atoms with Crippen molar-refractivity contribution in [1.82, 2.24) is 0 Å². The maximum atomic E-state index is 11.7.